The molecule has 24 heavy (non-hydrogen) atoms. The molecule has 124 valence electrons. The van der Waals surface area contributed by atoms with Crippen LogP contribution in [0.25, 0.3) is 11.0 Å². The number of anilines is 1. The molecule has 0 aliphatic heterocycles. The summed E-state index contributed by atoms with van der Waals surface area (Å²) in [6.45, 7) is 6.36. The van der Waals surface area contributed by atoms with E-state index in [1.807, 2.05) is 43.3 Å². The van der Waals surface area contributed by atoms with E-state index in [0.717, 1.165) is 34.2 Å². The molecule has 0 radical (unpaired) electrons. The van der Waals surface area contributed by atoms with Crippen molar-refractivity contribution in [2.75, 3.05) is 5.32 Å². The van der Waals surface area contributed by atoms with Gasteiger partial charge in [0, 0.05) is 16.6 Å². The third-order valence-corrected chi connectivity index (χ3v) is 4.54. The summed E-state index contributed by atoms with van der Waals surface area (Å²) >= 11 is 0. The number of para-hydroxylation sites is 1. The molecule has 0 unspecified atom stereocenters. The first-order chi connectivity index (χ1) is 11.6. The number of carbonyl (C=O) groups is 1. The number of carbonyl (C=O) groups excluding carboxylic acids is 1. The predicted molar refractivity (Wildman–Crippen MR) is 98.4 cm³/mol. The molecule has 3 rings (SSSR count). The fourth-order valence-corrected chi connectivity index (χ4v) is 2.96. The highest BCUT2D eigenvalue weighted by Gasteiger charge is 2.14. The lowest BCUT2D eigenvalue weighted by Crippen LogP contribution is -2.15. The molecule has 3 aromatic rings. The summed E-state index contributed by atoms with van der Waals surface area (Å²) in [5, 5.41) is 4.07. The second-order valence-electron chi connectivity index (χ2n) is 6.38. The first kappa shape index (κ1) is 16.3. The molecule has 0 aliphatic rings. The molecule has 0 fully saturated rings. The van der Waals surface area contributed by atoms with Crippen molar-refractivity contribution >= 4 is 22.6 Å². The summed E-state index contributed by atoms with van der Waals surface area (Å²) in [6, 6.07) is 14.1. The van der Waals surface area contributed by atoms with Crippen molar-refractivity contribution < 1.29 is 9.21 Å². The van der Waals surface area contributed by atoms with Crippen molar-refractivity contribution in [1.29, 1.82) is 0 Å². The quantitative estimate of drug-likeness (QED) is 0.680. The molecule has 1 amide bonds. The number of hydrogen-bond donors (Lipinski definition) is 1. The van der Waals surface area contributed by atoms with Gasteiger partial charge in [0.1, 0.15) is 5.58 Å². The second kappa shape index (κ2) is 6.91. The largest absolute Gasteiger partial charge is 0.464 e. The van der Waals surface area contributed by atoms with Crippen LogP contribution in [-0.4, -0.2) is 5.91 Å². The van der Waals surface area contributed by atoms with Crippen molar-refractivity contribution in [2.24, 2.45) is 0 Å². The average Bonchev–Trinajstić information content (AvgIpc) is 2.96. The van der Waals surface area contributed by atoms with E-state index in [1.54, 1.807) is 6.26 Å². The summed E-state index contributed by atoms with van der Waals surface area (Å²) in [4.78, 5) is 12.5. The maximum Gasteiger partial charge on any atom is 0.228 e. The molecule has 1 heterocycles. The normalized spacial score (nSPS) is 12.3. The lowest BCUT2D eigenvalue weighted by Gasteiger charge is -2.15. The zero-order chi connectivity index (χ0) is 17.1. The lowest BCUT2D eigenvalue weighted by molar-refractivity contribution is -0.115. The van der Waals surface area contributed by atoms with E-state index in [-0.39, 0.29) is 5.91 Å². The highest BCUT2D eigenvalue weighted by atomic mass is 16.3. The number of aryl methyl sites for hydroxylation is 1. The van der Waals surface area contributed by atoms with Gasteiger partial charge in [-0.15, -0.1) is 0 Å². The number of amides is 1. The van der Waals surface area contributed by atoms with Crippen molar-refractivity contribution in [2.45, 2.75) is 39.5 Å². The lowest BCUT2D eigenvalue weighted by atomic mass is 9.97. The van der Waals surface area contributed by atoms with Gasteiger partial charge in [-0.25, -0.2) is 0 Å². The SMILES string of the molecule is CC[C@@H](C)c1ccccc1NC(=O)Cc1coc2cc(C)ccc12. The van der Waals surface area contributed by atoms with Gasteiger partial charge in [0.2, 0.25) is 5.91 Å². The Morgan fingerprint density at radius 1 is 1.21 bits per heavy atom. The van der Waals surface area contributed by atoms with Crippen molar-refractivity contribution in [1.82, 2.24) is 0 Å². The fourth-order valence-electron chi connectivity index (χ4n) is 2.96. The van der Waals surface area contributed by atoms with Crippen LogP contribution in [0.5, 0.6) is 0 Å². The van der Waals surface area contributed by atoms with Crippen LogP contribution in [0.1, 0.15) is 42.9 Å². The van der Waals surface area contributed by atoms with Crippen LogP contribution in [0, 0.1) is 6.92 Å². The van der Waals surface area contributed by atoms with Gasteiger partial charge < -0.3 is 9.73 Å². The molecular weight excluding hydrogens is 298 g/mol. The number of rotatable bonds is 5. The Bertz CT molecular complexity index is 863. The van der Waals surface area contributed by atoms with E-state index in [4.69, 9.17) is 4.42 Å². The Morgan fingerprint density at radius 2 is 2.00 bits per heavy atom. The molecule has 0 saturated heterocycles. The van der Waals surface area contributed by atoms with Gasteiger partial charge in [-0.3, -0.25) is 4.79 Å². The van der Waals surface area contributed by atoms with Crippen LogP contribution in [0.15, 0.2) is 53.1 Å². The first-order valence-corrected chi connectivity index (χ1v) is 8.44. The Kier molecular flexibility index (Phi) is 4.70. The molecule has 1 N–H and O–H groups in total. The van der Waals surface area contributed by atoms with Crippen LogP contribution in [0.4, 0.5) is 5.69 Å². The molecule has 2 aromatic carbocycles. The number of nitrogens with one attached hydrogen (secondary N) is 1. The van der Waals surface area contributed by atoms with Gasteiger partial charge in [0.15, 0.2) is 0 Å². The highest BCUT2D eigenvalue weighted by molar-refractivity contribution is 5.96. The van der Waals surface area contributed by atoms with E-state index in [2.05, 4.69) is 25.2 Å². The highest BCUT2D eigenvalue weighted by Crippen LogP contribution is 2.27. The van der Waals surface area contributed by atoms with E-state index >= 15 is 0 Å². The van der Waals surface area contributed by atoms with Crippen LogP contribution >= 0.6 is 0 Å². The van der Waals surface area contributed by atoms with Gasteiger partial charge in [-0.2, -0.15) is 0 Å². The maximum atomic E-state index is 12.5. The van der Waals surface area contributed by atoms with Crippen LogP contribution < -0.4 is 5.32 Å². The maximum absolute atomic E-state index is 12.5. The zero-order valence-corrected chi connectivity index (χ0v) is 14.4. The summed E-state index contributed by atoms with van der Waals surface area (Å²) in [5.41, 5.74) is 4.98. The molecule has 3 nitrogen and oxygen atoms in total. The number of benzene rings is 2. The number of hydrogen-bond acceptors (Lipinski definition) is 2. The average molecular weight is 321 g/mol. The standard InChI is InChI=1S/C21H23NO2/c1-4-15(3)17-7-5-6-8-19(17)22-21(23)12-16-13-24-20-11-14(2)9-10-18(16)20/h5-11,13,15H,4,12H2,1-3H3,(H,22,23)/t15-/m1/s1. The minimum Gasteiger partial charge on any atom is -0.464 e. The molecule has 1 atom stereocenters. The van der Waals surface area contributed by atoms with Gasteiger partial charge in [-0.05, 0) is 42.5 Å². The fraction of sp³-hybridized carbons (Fsp3) is 0.286. The van der Waals surface area contributed by atoms with E-state index in [1.165, 1.54) is 5.56 Å². The minimum atomic E-state index is -0.0194. The van der Waals surface area contributed by atoms with Crippen molar-refractivity contribution in [3.05, 3.63) is 65.4 Å². The molecule has 0 bridgehead atoms. The second-order valence-corrected chi connectivity index (χ2v) is 6.38. The molecular formula is C21H23NO2. The molecule has 0 aliphatic carbocycles. The number of fused-ring (bicyclic) bond motifs is 1. The first-order valence-electron chi connectivity index (χ1n) is 8.44. The van der Waals surface area contributed by atoms with Crippen LogP contribution in [-0.2, 0) is 11.2 Å². The van der Waals surface area contributed by atoms with E-state index in [0.29, 0.717) is 12.3 Å². The molecule has 3 heteroatoms. The van der Waals surface area contributed by atoms with E-state index in [9.17, 15) is 4.79 Å². The van der Waals surface area contributed by atoms with Gasteiger partial charge in [0.05, 0.1) is 12.7 Å². The van der Waals surface area contributed by atoms with Crippen molar-refractivity contribution in [3.8, 4) is 0 Å². The number of furan rings is 1. The van der Waals surface area contributed by atoms with Crippen molar-refractivity contribution in [3.63, 3.8) is 0 Å². The predicted octanol–water partition coefficient (Wildman–Crippen LogP) is 5.44. The Labute approximate surface area is 142 Å². The third-order valence-electron chi connectivity index (χ3n) is 4.54. The Balaban J connectivity index is 1.78. The Morgan fingerprint density at radius 3 is 2.79 bits per heavy atom. The summed E-state index contributed by atoms with van der Waals surface area (Å²) < 4.78 is 5.58. The third kappa shape index (κ3) is 3.35. The molecule has 0 saturated carbocycles. The Hall–Kier alpha value is -2.55. The smallest absolute Gasteiger partial charge is 0.228 e. The molecule has 1 aromatic heterocycles. The van der Waals surface area contributed by atoms with E-state index < -0.39 is 0 Å². The van der Waals surface area contributed by atoms with Crippen LogP contribution in [0.2, 0.25) is 0 Å². The van der Waals surface area contributed by atoms with Gasteiger partial charge in [0.25, 0.3) is 0 Å². The summed E-state index contributed by atoms with van der Waals surface area (Å²) in [6.07, 6.45) is 3.04. The summed E-state index contributed by atoms with van der Waals surface area (Å²) in [7, 11) is 0. The minimum absolute atomic E-state index is 0.0194. The summed E-state index contributed by atoms with van der Waals surface area (Å²) in [5.74, 6) is 0.397. The van der Waals surface area contributed by atoms with Gasteiger partial charge >= 0.3 is 0 Å². The van der Waals surface area contributed by atoms with Crippen LogP contribution in [0.3, 0.4) is 0 Å². The zero-order valence-electron chi connectivity index (χ0n) is 14.4. The monoisotopic (exact) mass is 321 g/mol. The van der Waals surface area contributed by atoms with Gasteiger partial charge in [-0.1, -0.05) is 44.2 Å². The topological polar surface area (TPSA) is 42.2 Å². The molecule has 0 spiro atoms.